The smallest absolute Gasteiger partial charge is 0.296 e. The Morgan fingerprint density at radius 2 is 1.94 bits per heavy atom. The third-order valence-electron chi connectivity index (χ3n) is 5.48. The molecule has 0 saturated heterocycles. The van der Waals surface area contributed by atoms with E-state index in [2.05, 4.69) is 4.98 Å². The van der Waals surface area contributed by atoms with Gasteiger partial charge in [-0.3, -0.25) is 14.5 Å². The molecule has 0 fully saturated rings. The van der Waals surface area contributed by atoms with Crippen LogP contribution in [0.1, 0.15) is 27.9 Å². The predicted molar refractivity (Wildman–Crippen MR) is 131 cm³/mol. The van der Waals surface area contributed by atoms with Crippen molar-refractivity contribution in [3.05, 3.63) is 99.5 Å². The van der Waals surface area contributed by atoms with Crippen LogP contribution >= 0.6 is 22.9 Å². The van der Waals surface area contributed by atoms with Gasteiger partial charge in [-0.15, -0.1) is 11.3 Å². The maximum Gasteiger partial charge on any atom is 0.296 e. The van der Waals surface area contributed by atoms with Gasteiger partial charge in [0, 0.05) is 21.7 Å². The number of hydrogen-bond donors (Lipinski definition) is 2. The van der Waals surface area contributed by atoms with Gasteiger partial charge in [-0.1, -0.05) is 35.9 Å². The topological polar surface area (TPSA) is 110 Å². The number of hydrogen-bond acceptors (Lipinski definition) is 7. The number of carbonyl (C=O) groups is 2. The van der Waals surface area contributed by atoms with E-state index in [1.54, 1.807) is 54.8 Å². The minimum Gasteiger partial charge on any atom is -0.503 e. The maximum absolute atomic E-state index is 13.4. The number of furan rings is 1. The Balaban J connectivity index is 1.62. The summed E-state index contributed by atoms with van der Waals surface area (Å²) >= 11 is 7.21. The second-order valence-electron chi connectivity index (χ2n) is 7.77. The van der Waals surface area contributed by atoms with Crippen molar-refractivity contribution < 1.29 is 19.1 Å². The number of aliphatic hydroxyl groups excluding tert-OH is 1. The average molecular weight is 492 g/mol. The van der Waals surface area contributed by atoms with E-state index >= 15 is 0 Å². The normalized spacial score (nSPS) is 15.9. The molecule has 1 unspecified atom stereocenters. The second kappa shape index (κ2) is 8.48. The number of nitrogen functional groups attached to an aromatic ring is 1. The van der Waals surface area contributed by atoms with Crippen molar-refractivity contribution in [1.29, 1.82) is 0 Å². The number of halogens is 1. The predicted octanol–water partition coefficient (Wildman–Crippen LogP) is 5.73. The minimum absolute atomic E-state index is 0.0311. The van der Waals surface area contributed by atoms with Gasteiger partial charge < -0.3 is 15.3 Å². The molecule has 3 heterocycles. The zero-order chi connectivity index (χ0) is 24.0. The van der Waals surface area contributed by atoms with Crippen LogP contribution in [0.5, 0.6) is 0 Å². The van der Waals surface area contributed by atoms with Gasteiger partial charge >= 0.3 is 0 Å². The first kappa shape index (κ1) is 21.9. The van der Waals surface area contributed by atoms with Gasteiger partial charge in [-0.25, -0.2) is 4.98 Å². The molecule has 5 rings (SSSR count). The van der Waals surface area contributed by atoms with Gasteiger partial charge in [0.15, 0.2) is 16.7 Å². The Bertz CT molecular complexity index is 1450. The van der Waals surface area contributed by atoms with Crippen LogP contribution in [0.3, 0.4) is 0 Å². The van der Waals surface area contributed by atoms with Crippen LogP contribution in [-0.2, 0) is 4.79 Å². The maximum atomic E-state index is 13.4. The van der Waals surface area contributed by atoms with Crippen molar-refractivity contribution in [2.45, 2.75) is 13.0 Å². The molecule has 170 valence electrons. The second-order valence-corrected chi connectivity index (χ2v) is 9.04. The number of thiazole rings is 1. The fourth-order valence-corrected chi connectivity index (χ4v) is 4.88. The molecule has 1 aliphatic rings. The van der Waals surface area contributed by atoms with Crippen molar-refractivity contribution in [2.24, 2.45) is 0 Å². The van der Waals surface area contributed by atoms with Gasteiger partial charge in [0.25, 0.3) is 5.91 Å². The summed E-state index contributed by atoms with van der Waals surface area (Å²) in [5, 5.41) is 13.6. The zero-order valence-corrected chi connectivity index (χ0v) is 19.4. The molecule has 1 aliphatic heterocycles. The van der Waals surface area contributed by atoms with Gasteiger partial charge in [-0.05, 0) is 48.9 Å². The molecule has 0 bridgehead atoms. The van der Waals surface area contributed by atoms with Crippen LogP contribution in [-0.4, -0.2) is 21.8 Å². The first-order valence-electron chi connectivity index (χ1n) is 10.3. The monoisotopic (exact) mass is 491 g/mol. The molecule has 0 radical (unpaired) electrons. The van der Waals surface area contributed by atoms with Crippen LogP contribution in [0.15, 0.2) is 81.8 Å². The lowest BCUT2D eigenvalue weighted by atomic mass is 9.95. The largest absolute Gasteiger partial charge is 0.503 e. The van der Waals surface area contributed by atoms with Crippen molar-refractivity contribution in [3.63, 3.8) is 0 Å². The summed E-state index contributed by atoms with van der Waals surface area (Å²) in [5.41, 5.74) is 8.38. The summed E-state index contributed by atoms with van der Waals surface area (Å²) in [4.78, 5) is 32.6. The Labute approximate surface area is 203 Å². The summed E-state index contributed by atoms with van der Waals surface area (Å²) in [5.74, 6) is -1.38. The van der Waals surface area contributed by atoms with Gasteiger partial charge in [0.05, 0.1) is 17.3 Å². The van der Waals surface area contributed by atoms with Crippen LogP contribution in [0.25, 0.3) is 11.3 Å². The number of aliphatic hydroxyl groups is 1. The number of aryl methyl sites for hydroxylation is 1. The van der Waals surface area contributed by atoms with Crippen LogP contribution in [0, 0.1) is 6.92 Å². The zero-order valence-electron chi connectivity index (χ0n) is 17.9. The fourth-order valence-electron chi connectivity index (χ4n) is 3.90. The van der Waals surface area contributed by atoms with E-state index in [0.717, 1.165) is 5.56 Å². The van der Waals surface area contributed by atoms with E-state index in [1.165, 1.54) is 22.3 Å². The standard InChI is InChI=1S/C25H18ClN3O4S/c1-13-5-10-19(33-13)22(30)20-21(15-3-2-4-17(27)11-15)29(24(32)23(20)31)25-28-18(12-34-25)14-6-8-16(26)9-7-14/h2-12,21,31H,27H2,1H3. The molecule has 2 aromatic carbocycles. The number of anilines is 2. The van der Waals surface area contributed by atoms with E-state index in [0.29, 0.717) is 32.9 Å². The van der Waals surface area contributed by atoms with Crippen LogP contribution in [0.2, 0.25) is 5.02 Å². The van der Waals surface area contributed by atoms with Gasteiger partial charge in [0.1, 0.15) is 5.76 Å². The van der Waals surface area contributed by atoms with E-state index in [-0.39, 0.29) is 11.3 Å². The lowest BCUT2D eigenvalue weighted by Crippen LogP contribution is -2.31. The fraction of sp³-hybridized carbons (Fsp3) is 0.0800. The third kappa shape index (κ3) is 3.76. The average Bonchev–Trinajstić information content (AvgIpc) is 3.53. The van der Waals surface area contributed by atoms with E-state index in [4.69, 9.17) is 21.8 Å². The number of benzene rings is 2. The molecule has 2 aromatic heterocycles. The summed E-state index contributed by atoms with van der Waals surface area (Å²) in [6, 6.07) is 16.2. The highest BCUT2D eigenvalue weighted by Crippen LogP contribution is 2.44. The highest BCUT2D eigenvalue weighted by atomic mass is 35.5. The van der Waals surface area contributed by atoms with Crippen molar-refractivity contribution in [3.8, 4) is 11.3 Å². The van der Waals surface area contributed by atoms with Crippen molar-refractivity contribution >= 4 is 45.4 Å². The number of amides is 1. The Morgan fingerprint density at radius 1 is 1.18 bits per heavy atom. The highest BCUT2D eigenvalue weighted by molar-refractivity contribution is 7.14. The number of aromatic nitrogens is 1. The quantitative estimate of drug-likeness (QED) is 0.272. The summed E-state index contributed by atoms with van der Waals surface area (Å²) < 4.78 is 5.49. The molecular weight excluding hydrogens is 474 g/mol. The van der Waals surface area contributed by atoms with Crippen LogP contribution < -0.4 is 10.6 Å². The molecule has 0 saturated carbocycles. The molecule has 7 nitrogen and oxygen atoms in total. The SMILES string of the molecule is Cc1ccc(C(=O)C2=C(O)C(=O)N(c3nc(-c4ccc(Cl)cc4)cs3)C2c2cccc(N)c2)o1. The number of rotatable bonds is 5. The van der Waals surface area contributed by atoms with E-state index < -0.39 is 23.5 Å². The summed E-state index contributed by atoms with van der Waals surface area (Å²) in [6.07, 6.45) is 0. The Morgan fingerprint density at radius 3 is 2.62 bits per heavy atom. The van der Waals surface area contributed by atoms with Gasteiger partial charge in [-0.2, -0.15) is 0 Å². The molecule has 3 N–H and O–H groups in total. The first-order valence-corrected chi connectivity index (χ1v) is 11.5. The molecule has 1 amide bonds. The number of Topliss-reactive ketones (excluding diaryl/α,β-unsaturated/α-hetero) is 1. The van der Waals surface area contributed by atoms with Crippen molar-refractivity contribution in [2.75, 3.05) is 10.6 Å². The number of carbonyl (C=O) groups excluding carboxylic acids is 2. The van der Waals surface area contributed by atoms with E-state index in [9.17, 15) is 14.7 Å². The lowest BCUT2D eigenvalue weighted by molar-refractivity contribution is -0.117. The molecule has 34 heavy (non-hydrogen) atoms. The Hall–Kier alpha value is -3.88. The van der Waals surface area contributed by atoms with Crippen LogP contribution in [0.4, 0.5) is 10.8 Å². The molecule has 9 heteroatoms. The van der Waals surface area contributed by atoms with Crippen molar-refractivity contribution in [1.82, 2.24) is 4.98 Å². The number of nitrogens with two attached hydrogens (primary N) is 1. The molecule has 0 spiro atoms. The molecule has 4 aromatic rings. The molecule has 1 atom stereocenters. The number of nitrogens with zero attached hydrogens (tertiary/aromatic N) is 2. The highest BCUT2D eigenvalue weighted by Gasteiger charge is 2.46. The molecular formula is C25H18ClN3O4S. The summed E-state index contributed by atoms with van der Waals surface area (Å²) in [7, 11) is 0. The number of ketones is 1. The minimum atomic E-state index is -0.932. The third-order valence-corrected chi connectivity index (χ3v) is 6.57. The lowest BCUT2D eigenvalue weighted by Gasteiger charge is -2.24. The Kier molecular flexibility index (Phi) is 5.47. The van der Waals surface area contributed by atoms with E-state index in [1.807, 2.05) is 12.1 Å². The van der Waals surface area contributed by atoms with Gasteiger partial charge in [0.2, 0.25) is 5.78 Å². The molecule has 0 aliphatic carbocycles. The first-order chi connectivity index (χ1) is 16.3. The summed E-state index contributed by atoms with van der Waals surface area (Å²) in [6.45, 7) is 1.71.